The van der Waals surface area contributed by atoms with Crippen LogP contribution in [0.5, 0.6) is 5.75 Å². The minimum absolute atomic E-state index is 0.108. The molecular formula is C14H17FN2O3. The van der Waals surface area contributed by atoms with Crippen molar-refractivity contribution in [3.05, 3.63) is 29.9 Å². The average molecular weight is 280 g/mol. The second-order valence-electron chi connectivity index (χ2n) is 4.88. The van der Waals surface area contributed by atoms with Gasteiger partial charge in [-0.15, -0.1) is 0 Å². The van der Waals surface area contributed by atoms with Crippen LogP contribution in [0.1, 0.15) is 19.7 Å². The molecular weight excluding hydrogens is 263 g/mol. The molecule has 6 heteroatoms. The van der Waals surface area contributed by atoms with Crippen molar-refractivity contribution in [2.75, 3.05) is 7.11 Å². The predicted molar refractivity (Wildman–Crippen MR) is 70.8 cm³/mol. The number of methoxy groups -OCH3 is 1. The van der Waals surface area contributed by atoms with Crippen LogP contribution >= 0.6 is 0 Å². The summed E-state index contributed by atoms with van der Waals surface area (Å²) in [6, 6.07) is 4.33. The maximum Gasteiger partial charge on any atom is 0.229 e. The summed E-state index contributed by atoms with van der Waals surface area (Å²) in [5, 5.41) is 13.6. The summed E-state index contributed by atoms with van der Waals surface area (Å²) >= 11 is 0. The Morgan fingerprint density at radius 1 is 1.40 bits per heavy atom. The average Bonchev–Trinajstić information content (AvgIpc) is 2.87. The summed E-state index contributed by atoms with van der Waals surface area (Å²) in [6.45, 7) is 3.82. The van der Waals surface area contributed by atoms with Crippen LogP contribution in [0.3, 0.4) is 0 Å². The number of aromatic nitrogens is 2. The molecule has 2 aromatic rings. The zero-order chi connectivity index (χ0) is 14.7. The largest absolute Gasteiger partial charge is 0.494 e. The third-order valence-corrected chi connectivity index (χ3v) is 3.03. The minimum Gasteiger partial charge on any atom is -0.494 e. The highest BCUT2D eigenvalue weighted by atomic mass is 19.1. The van der Waals surface area contributed by atoms with Crippen LogP contribution in [0.4, 0.5) is 4.39 Å². The molecule has 108 valence electrons. The lowest BCUT2D eigenvalue weighted by atomic mass is 10.0. The van der Waals surface area contributed by atoms with Gasteiger partial charge in [-0.05, 0) is 24.1 Å². The molecule has 0 amide bonds. The van der Waals surface area contributed by atoms with Gasteiger partial charge in [-0.2, -0.15) is 4.98 Å². The highest BCUT2D eigenvalue weighted by molar-refractivity contribution is 5.57. The molecule has 2 rings (SSSR count). The van der Waals surface area contributed by atoms with Gasteiger partial charge in [0, 0.05) is 5.56 Å². The first-order valence-electron chi connectivity index (χ1n) is 6.35. The maximum atomic E-state index is 13.3. The SMILES string of the molecule is COc1cc(-c2noc(CC(O)C(C)C)n2)ccc1F. The molecule has 0 spiro atoms. The molecule has 0 aliphatic carbocycles. The second-order valence-corrected chi connectivity index (χ2v) is 4.88. The van der Waals surface area contributed by atoms with E-state index in [2.05, 4.69) is 10.1 Å². The van der Waals surface area contributed by atoms with Crippen LogP contribution in [-0.4, -0.2) is 28.5 Å². The van der Waals surface area contributed by atoms with Crippen molar-refractivity contribution >= 4 is 0 Å². The number of ether oxygens (including phenoxy) is 1. The summed E-state index contributed by atoms with van der Waals surface area (Å²) in [6.07, 6.45) is -0.241. The minimum atomic E-state index is -0.536. The van der Waals surface area contributed by atoms with Gasteiger partial charge < -0.3 is 14.4 Å². The van der Waals surface area contributed by atoms with E-state index < -0.39 is 11.9 Å². The van der Waals surface area contributed by atoms with Gasteiger partial charge in [-0.25, -0.2) is 4.39 Å². The van der Waals surface area contributed by atoms with Crippen LogP contribution in [0.15, 0.2) is 22.7 Å². The third kappa shape index (κ3) is 3.14. The van der Waals surface area contributed by atoms with Crippen LogP contribution in [0.2, 0.25) is 0 Å². The molecule has 0 saturated carbocycles. The summed E-state index contributed by atoms with van der Waals surface area (Å²) in [7, 11) is 1.39. The normalized spacial score (nSPS) is 12.7. The van der Waals surface area contributed by atoms with Gasteiger partial charge in [0.2, 0.25) is 11.7 Å². The molecule has 1 aromatic carbocycles. The molecule has 1 unspecified atom stereocenters. The molecule has 5 nitrogen and oxygen atoms in total. The number of hydrogen-bond acceptors (Lipinski definition) is 5. The van der Waals surface area contributed by atoms with E-state index in [-0.39, 0.29) is 11.7 Å². The first-order chi connectivity index (χ1) is 9.51. The fourth-order valence-electron chi connectivity index (χ4n) is 1.67. The molecule has 1 atom stereocenters. The molecule has 0 saturated heterocycles. The summed E-state index contributed by atoms with van der Waals surface area (Å²) < 4.78 is 23.3. The fourth-order valence-corrected chi connectivity index (χ4v) is 1.67. The van der Waals surface area contributed by atoms with E-state index in [4.69, 9.17) is 9.26 Å². The number of nitrogens with zero attached hydrogens (tertiary/aromatic N) is 2. The molecule has 20 heavy (non-hydrogen) atoms. The van der Waals surface area contributed by atoms with Crippen molar-refractivity contribution in [3.8, 4) is 17.1 Å². The Balaban J connectivity index is 2.20. The van der Waals surface area contributed by atoms with E-state index in [1.807, 2.05) is 13.8 Å². The quantitative estimate of drug-likeness (QED) is 0.911. The lowest BCUT2D eigenvalue weighted by molar-refractivity contribution is 0.116. The summed E-state index contributed by atoms with van der Waals surface area (Å²) in [5.74, 6) is 0.473. The lowest BCUT2D eigenvalue weighted by Gasteiger charge is -2.10. The molecule has 1 aromatic heterocycles. The van der Waals surface area contributed by atoms with Gasteiger partial charge in [0.15, 0.2) is 11.6 Å². The van der Waals surface area contributed by atoms with Crippen molar-refractivity contribution < 1.29 is 18.8 Å². The van der Waals surface area contributed by atoms with Gasteiger partial charge in [0.25, 0.3) is 0 Å². The Morgan fingerprint density at radius 2 is 2.15 bits per heavy atom. The van der Waals surface area contributed by atoms with Crippen molar-refractivity contribution in [3.63, 3.8) is 0 Å². The van der Waals surface area contributed by atoms with Crippen molar-refractivity contribution in [1.29, 1.82) is 0 Å². The van der Waals surface area contributed by atoms with Gasteiger partial charge in [0.1, 0.15) is 0 Å². The van der Waals surface area contributed by atoms with Crippen LogP contribution in [-0.2, 0) is 6.42 Å². The van der Waals surface area contributed by atoms with Crippen molar-refractivity contribution in [2.24, 2.45) is 5.92 Å². The van der Waals surface area contributed by atoms with E-state index in [0.717, 1.165) is 0 Å². The first-order valence-corrected chi connectivity index (χ1v) is 6.35. The predicted octanol–water partition coefficient (Wildman–Crippen LogP) is 2.44. The highest BCUT2D eigenvalue weighted by Gasteiger charge is 2.16. The van der Waals surface area contributed by atoms with Gasteiger partial charge in [0.05, 0.1) is 19.6 Å². The maximum absolute atomic E-state index is 13.3. The number of aliphatic hydroxyl groups is 1. The van der Waals surface area contributed by atoms with E-state index in [1.54, 1.807) is 6.07 Å². The number of hydrogen-bond donors (Lipinski definition) is 1. The summed E-state index contributed by atoms with van der Waals surface area (Å²) in [4.78, 5) is 4.19. The summed E-state index contributed by atoms with van der Waals surface area (Å²) in [5.41, 5.74) is 0.595. The molecule has 0 bridgehead atoms. The second kappa shape index (κ2) is 6.00. The highest BCUT2D eigenvalue weighted by Crippen LogP contribution is 2.24. The monoisotopic (exact) mass is 280 g/mol. The molecule has 0 aliphatic rings. The molecule has 0 fully saturated rings. The van der Waals surface area contributed by atoms with Gasteiger partial charge in [-0.1, -0.05) is 19.0 Å². The molecule has 0 aliphatic heterocycles. The van der Waals surface area contributed by atoms with E-state index >= 15 is 0 Å². The molecule has 1 heterocycles. The van der Waals surface area contributed by atoms with Crippen LogP contribution in [0.25, 0.3) is 11.4 Å². The first kappa shape index (κ1) is 14.5. The standard InChI is InChI=1S/C14H17FN2O3/c1-8(2)11(18)7-13-16-14(17-20-13)9-4-5-10(15)12(6-9)19-3/h4-6,8,11,18H,7H2,1-3H3. The Hall–Kier alpha value is -1.95. The van der Waals surface area contributed by atoms with E-state index in [1.165, 1.54) is 19.2 Å². The number of aliphatic hydroxyl groups excluding tert-OH is 1. The molecule has 1 N–H and O–H groups in total. The van der Waals surface area contributed by atoms with Gasteiger partial charge >= 0.3 is 0 Å². The third-order valence-electron chi connectivity index (χ3n) is 3.03. The Labute approximate surface area is 116 Å². The fraction of sp³-hybridized carbons (Fsp3) is 0.429. The Morgan fingerprint density at radius 3 is 2.80 bits per heavy atom. The van der Waals surface area contributed by atoms with E-state index in [0.29, 0.717) is 23.7 Å². The Bertz CT molecular complexity index is 584. The smallest absolute Gasteiger partial charge is 0.229 e. The number of benzene rings is 1. The zero-order valence-corrected chi connectivity index (χ0v) is 11.6. The van der Waals surface area contributed by atoms with Crippen molar-refractivity contribution in [2.45, 2.75) is 26.4 Å². The number of halogens is 1. The van der Waals surface area contributed by atoms with Gasteiger partial charge in [-0.3, -0.25) is 0 Å². The van der Waals surface area contributed by atoms with Crippen LogP contribution < -0.4 is 4.74 Å². The Kier molecular flexibility index (Phi) is 4.34. The molecule has 0 radical (unpaired) electrons. The number of rotatable bonds is 5. The van der Waals surface area contributed by atoms with E-state index in [9.17, 15) is 9.50 Å². The lowest BCUT2D eigenvalue weighted by Crippen LogP contribution is -2.17. The van der Waals surface area contributed by atoms with Crippen molar-refractivity contribution in [1.82, 2.24) is 10.1 Å². The topological polar surface area (TPSA) is 68.4 Å². The zero-order valence-electron chi connectivity index (χ0n) is 11.6. The van der Waals surface area contributed by atoms with Crippen LogP contribution in [0, 0.1) is 11.7 Å².